The molecule has 126 valence electrons. The molecule has 2 N–H and O–H groups in total. The van der Waals surface area contributed by atoms with Crippen molar-refractivity contribution in [2.75, 3.05) is 6.54 Å². The van der Waals surface area contributed by atoms with Crippen molar-refractivity contribution in [1.29, 1.82) is 0 Å². The first kappa shape index (κ1) is 14.6. The Kier molecular flexibility index (Phi) is 3.10. The molecule has 2 aromatic rings. The van der Waals surface area contributed by atoms with E-state index in [0.717, 1.165) is 46.5 Å². The number of carbonyl (C=O) groups is 1. The van der Waals surface area contributed by atoms with Crippen LogP contribution in [0.5, 0.6) is 0 Å². The van der Waals surface area contributed by atoms with Crippen LogP contribution in [0.1, 0.15) is 54.6 Å². The van der Waals surface area contributed by atoms with Gasteiger partial charge in [0.05, 0.1) is 5.56 Å². The van der Waals surface area contributed by atoms with Crippen LogP contribution in [0.3, 0.4) is 0 Å². The van der Waals surface area contributed by atoms with Crippen molar-refractivity contribution in [2.24, 2.45) is 23.2 Å². The molecule has 3 heteroatoms. The second-order valence-electron chi connectivity index (χ2n) is 8.77. The van der Waals surface area contributed by atoms with E-state index < -0.39 is 0 Å². The summed E-state index contributed by atoms with van der Waals surface area (Å²) in [5.74, 6) is 2.90. The van der Waals surface area contributed by atoms with E-state index in [9.17, 15) is 4.79 Å². The summed E-state index contributed by atoms with van der Waals surface area (Å²) in [6, 6.07) is 8.09. The lowest BCUT2D eigenvalue weighted by Gasteiger charge is -2.56. The van der Waals surface area contributed by atoms with Crippen molar-refractivity contribution in [3.63, 3.8) is 0 Å². The molecule has 1 aromatic heterocycles. The van der Waals surface area contributed by atoms with E-state index >= 15 is 0 Å². The third-order valence-electron chi connectivity index (χ3n) is 6.91. The number of aromatic nitrogens is 1. The zero-order valence-corrected chi connectivity index (χ0v) is 14.4. The molecule has 0 unspecified atom stereocenters. The van der Waals surface area contributed by atoms with Gasteiger partial charge in [0.15, 0.2) is 0 Å². The third kappa shape index (κ3) is 2.21. The summed E-state index contributed by atoms with van der Waals surface area (Å²) < 4.78 is 0. The fourth-order valence-electron chi connectivity index (χ4n) is 6.43. The van der Waals surface area contributed by atoms with Gasteiger partial charge in [-0.05, 0) is 74.7 Å². The molecule has 0 radical (unpaired) electrons. The largest absolute Gasteiger partial charge is 0.358 e. The second-order valence-corrected chi connectivity index (χ2v) is 8.77. The Morgan fingerprint density at radius 3 is 2.42 bits per heavy atom. The highest BCUT2D eigenvalue weighted by molar-refractivity contribution is 6.08. The third-order valence-corrected chi connectivity index (χ3v) is 6.91. The quantitative estimate of drug-likeness (QED) is 0.863. The fourth-order valence-corrected chi connectivity index (χ4v) is 6.43. The van der Waals surface area contributed by atoms with Crippen LogP contribution in [0, 0.1) is 30.1 Å². The van der Waals surface area contributed by atoms with Crippen LogP contribution in [0.15, 0.2) is 24.3 Å². The minimum absolute atomic E-state index is 0.0979. The highest BCUT2D eigenvalue weighted by atomic mass is 16.1. The van der Waals surface area contributed by atoms with E-state index in [1.807, 2.05) is 31.2 Å². The summed E-state index contributed by atoms with van der Waals surface area (Å²) >= 11 is 0. The summed E-state index contributed by atoms with van der Waals surface area (Å²) in [7, 11) is 0. The molecular formula is C21H26N2O. The van der Waals surface area contributed by atoms with Crippen molar-refractivity contribution in [2.45, 2.75) is 45.4 Å². The summed E-state index contributed by atoms with van der Waals surface area (Å²) in [5.41, 5.74) is 3.24. The van der Waals surface area contributed by atoms with Gasteiger partial charge in [-0.1, -0.05) is 18.2 Å². The van der Waals surface area contributed by atoms with Gasteiger partial charge in [-0.25, -0.2) is 0 Å². The van der Waals surface area contributed by atoms with Gasteiger partial charge < -0.3 is 10.3 Å². The predicted octanol–water partition coefficient (Wildman–Crippen LogP) is 4.42. The number of carbonyl (C=O) groups excluding carboxylic acids is 1. The van der Waals surface area contributed by atoms with Crippen LogP contribution in [-0.4, -0.2) is 17.4 Å². The highest BCUT2D eigenvalue weighted by Crippen LogP contribution is 2.59. The molecular weight excluding hydrogens is 296 g/mol. The number of fused-ring (bicyclic) bond motifs is 1. The Hall–Kier alpha value is -1.77. The van der Waals surface area contributed by atoms with E-state index in [2.05, 4.69) is 10.3 Å². The molecule has 4 aliphatic rings. The van der Waals surface area contributed by atoms with Crippen LogP contribution in [0.2, 0.25) is 0 Å². The van der Waals surface area contributed by atoms with Gasteiger partial charge in [-0.2, -0.15) is 0 Å². The molecule has 4 fully saturated rings. The molecule has 0 aliphatic heterocycles. The lowest BCUT2D eigenvalue weighted by molar-refractivity contribution is -0.0503. The maximum Gasteiger partial charge on any atom is 0.253 e. The molecule has 24 heavy (non-hydrogen) atoms. The molecule has 0 saturated heterocycles. The number of hydrogen-bond acceptors (Lipinski definition) is 1. The average molecular weight is 322 g/mol. The SMILES string of the molecule is Cc1[nH]c2ccccc2c1C(=O)NCC12CC3CC(CC(C3)C1)C2. The molecule has 1 heterocycles. The lowest BCUT2D eigenvalue weighted by atomic mass is 9.49. The van der Waals surface area contributed by atoms with Crippen LogP contribution in [0.25, 0.3) is 10.9 Å². The molecule has 4 aliphatic carbocycles. The lowest BCUT2D eigenvalue weighted by Crippen LogP contribution is -2.51. The van der Waals surface area contributed by atoms with E-state index in [0.29, 0.717) is 5.41 Å². The monoisotopic (exact) mass is 322 g/mol. The minimum Gasteiger partial charge on any atom is -0.358 e. The van der Waals surface area contributed by atoms with Gasteiger partial charge in [0.25, 0.3) is 5.91 Å². The number of nitrogens with one attached hydrogen (secondary N) is 2. The summed E-state index contributed by atoms with van der Waals surface area (Å²) in [6.07, 6.45) is 8.38. The standard InChI is InChI=1S/C21H26N2O/c1-13-19(17-4-2-3-5-18(17)23-13)20(24)22-12-21-9-14-6-15(10-21)8-16(7-14)11-21/h2-5,14-16,23H,6-12H2,1H3,(H,22,24). The Bertz CT molecular complexity index is 768. The topological polar surface area (TPSA) is 44.9 Å². The number of H-pyrrole nitrogens is 1. The average Bonchev–Trinajstić information content (AvgIpc) is 2.87. The predicted molar refractivity (Wildman–Crippen MR) is 96.0 cm³/mol. The molecule has 1 amide bonds. The van der Waals surface area contributed by atoms with Gasteiger partial charge in [-0.3, -0.25) is 4.79 Å². The van der Waals surface area contributed by atoms with Gasteiger partial charge in [0.1, 0.15) is 0 Å². The zero-order chi connectivity index (χ0) is 16.3. The van der Waals surface area contributed by atoms with E-state index in [-0.39, 0.29) is 5.91 Å². The number of aromatic amines is 1. The van der Waals surface area contributed by atoms with E-state index in [4.69, 9.17) is 0 Å². The van der Waals surface area contributed by atoms with Crippen molar-refractivity contribution in [3.05, 3.63) is 35.5 Å². The summed E-state index contributed by atoms with van der Waals surface area (Å²) in [5, 5.41) is 4.36. The second kappa shape index (κ2) is 5.11. The molecule has 3 nitrogen and oxygen atoms in total. The number of amides is 1. The Morgan fingerprint density at radius 2 is 1.75 bits per heavy atom. The molecule has 1 aromatic carbocycles. The summed E-state index contributed by atoms with van der Waals surface area (Å²) in [6.45, 7) is 2.87. The van der Waals surface area contributed by atoms with E-state index in [1.54, 1.807) is 0 Å². The maximum absolute atomic E-state index is 12.9. The highest BCUT2D eigenvalue weighted by Gasteiger charge is 2.50. The van der Waals surface area contributed by atoms with Crippen LogP contribution >= 0.6 is 0 Å². The molecule has 0 atom stereocenters. The number of rotatable bonds is 3. The smallest absolute Gasteiger partial charge is 0.253 e. The van der Waals surface area contributed by atoms with Crippen molar-refractivity contribution in [1.82, 2.24) is 10.3 Å². The first-order chi connectivity index (χ1) is 11.6. The normalized spacial score (nSPS) is 34.0. The van der Waals surface area contributed by atoms with Crippen molar-refractivity contribution < 1.29 is 4.79 Å². The van der Waals surface area contributed by atoms with Crippen molar-refractivity contribution in [3.8, 4) is 0 Å². The Labute approximate surface area is 143 Å². The Morgan fingerprint density at radius 1 is 1.12 bits per heavy atom. The molecule has 4 saturated carbocycles. The fraction of sp³-hybridized carbons (Fsp3) is 0.571. The van der Waals surface area contributed by atoms with Gasteiger partial charge in [0, 0.05) is 23.1 Å². The van der Waals surface area contributed by atoms with Gasteiger partial charge >= 0.3 is 0 Å². The molecule has 6 rings (SSSR count). The number of hydrogen-bond donors (Lipinski definition) is 2. The number of aryl methyl sites for hydroxylation is 1. The first-order valence-corrected chi connectivity index (χ1v) is 9.47. The Balaban J connectivity index is 1.36. The van der Waals surface area contributed by atoms with Gasteiger partial charge in [0.2, 0.25) is 0 Å². The maximum atomic E-state index is 12.9. The number of para-hydroxylation sites is 1. The number of benzene rings is 1. The first-order valence-electron chi connectivity index (χ1n) is 9.47. The molecule has 0 spiro atoms. The zero-order valence-electron chi connectivity index (χ0n) is 14.4. The summed E-state index contributed by atoms with van der Waals surface area (Å²) in [4.78, 5) is 16.2. The molecule has 4 bridgehead atoms. The van der Waals surface area contributed by atoms with Crippen LogP contribution in [-0.2, 0) is 0 Å². The van der Waals surface area contributed by atoms with Gasteiger partial charge in [-0.15, -0.1) is 0 Å². The van der Waals surface area contributed by atoms with E-state index in [1.165, 1.54) is 38.5 Å². The van der Waals surface area contributed by atoms with Crippen LogP contribution < -0.4 is 5.32 Å². The van der Waals surface area contributed by atoms with Crippen molar-refractivity contribution >= 4 is 16.8 Å². The minimum atomic E-state index is 0.0979. The van der Waals surface area contributed by atoms with Crippen LogP contribution in [0.4, 0.5) is 0 Å².